The summed E-state index contributed by atoms with van der Waals surface area (Å²) in [5.74, 6) is -1.12. The van der Waals surface area contributed by atoms with Crippen LogP contribution in [0.25, 0.3) is 6.08 Å². The minimum Gasteiger partial charge on any atom is -0.317 e. The molecule has 3 rings (SSSR count). The first-order valence-corrected chi connectivity index (χ1v) is 10.9. The Morgan fingerprint density at radius 1 is 0.886 bits per heavy atom. The van der Waals surface area contributed by atoms with Crippen LogP contribution in [0.2, 0.25) is 0 Å². The molecule has 178 valence electrons. The predicted octanol–water partition coefficient (Wildman–Crippen LogP) is 4.81. The molecule has 2 amide bonds. The van der Waals surface area contributed by atoms with Crippen molar-refractivity contribution in [1.82, 2.24) is 10.7 Å². The number of non-ortho nitro benzene ring substituents is 1. The topological polar surface area (TPSA) is 114 Å². The van der Waals surface area contributed by atoms with Crippen molar-refractivity contribution in [3.8, 4) is 0 Å². The van der Waals surface area contributed by atoms with Crippen LogP contribution in [0.15, 0.2) is 89.7 Å². The fourth-order valence-electron chi connectivity index (χ4n) is 3.10. The molecule has 0 saturated heterocycles. The number of nitro benzene ring substituents is 1. The molecule has 0 atom stereocenters. The van der Waals surface area contributed by atoms with Crippen LogP contribution in [0.4, 0.5) is 5.69 Å². The summed E-state index contributed by atoms with van der Waals surface area (Å²) in [7, 11) is 0. The third-order valence-corrected chi connectivity index (χ3v) is 5.10. The van der Waals surface area contributed by atoms with Gasteiger partial charge in [0.25, 0.3) is 17.5 Å². The minimum atomic E-state index is -0.643. The Morgan fingerprint density at radius 3 is 2.06 bits per heavy atom. The van der Waals surface area contributed by atoms with Gasteiger partial charge in [-0.25, -0.2) is 5.43 Å². The lowest BCUT2D eigenvalue weighted by molar-refractivity contribution is -0.384. The summed E-state index contributed by atoms with van der Waals surface area (Å²) in [6.07, 6.45) is 2.93. The van der Waals surface area contributed by atoms with E-state index in [0.717, 1.165) is 5.56 Å². The second kappa shape index (κ2) is 11.0. The molecule has 3 aromatic rings. The van der Waals surface area contributed by atoms with Crippen molar-refractivity contribution in [2.75, 3.05) is 0 Å². The number of amides is 2. The van der Waals surface area contributed by atoms with Crippen LogP contribution in [-0.4, -0.2) is 23.0 Å². The summed E-state index contributed by atoms with van der Waals surface area (Å²) in [6, 6.07) is 21.9. The highest BCUT2D eigenvalue weighted by atomic mass is 16.6. The second-order valence-corrected chi connectivity index (χ2v) is 8.80. The van der Waals surface area contributed by atoms with E-state index < -0.39 is 16.7 Å². The predicted molar refractivity (Wildman–Crippen MR) is 136 cm³/mol. The third kappa shape index (κ3) is 7.20. The number of nitrogens with one attached hydrogen (secondary N) is 2. The molecular weight excluding hydrogens is 444 g/mol. The lowest BCUT2D eigenvalue weighted by Crippen LogP contribution is -2.32. The SMILES string of the molecule is CC(C)(C)c1ccc(C=NNC(=O)C(=Cc2ccc([N+](=O)[O-])cc2)NC(=O)c2ccccc2)cc1. The highest BCUT2D eigenvalue weighted by molar-refractivity contribution is 6.05. The Labute approximate surface area is 203 Å². The zero-order valence-corrected chi connectivity index (χ0v) is 19.7. The molecule has 0 fully saturated rings. The van der Waals surface area contributed by atoms with Gasteiger partial charge in [-0.1, -0.05) is 63.2 Å². The molecular formula is C27H26N4O4. The average molecular weight is 471 g/mol. The van der Waals surface area contributed by atoms with Crippen LogP contribution in [0.5, 0.6) is 0 Å². The number of benzene rings is 3. The quantitative estimate of drug-likeness (QED) is 0.223. The van der Waals surface area contributed by atoms with E-state index in [1.807, 2.05) is 24.3 Å². The molecule has 0 aliphatic rings. The summed E-state index contributed by atoms with van der Waals surface area (Å²) < 4.78 is 0. The van der Waals surface area contributed by atoms with Gasteiger partial charge < -0.3 is 5.32 Å². The van der Waals surface area contributed by atoms with E-state index in [0.29, 0.717) is 11.1 Å². The first kappa shape index (κ1) is 25.0. The van der Waals surface area contributed by atoms with E-state index in [1.165, 1.54) is 42.1 Å². The smallest absolute Gasteiger partial charge is 0.287 e. The van der Waals surface area contributed by atoms with Crippen LogP contribution < -0.4 is 10.7 Å². The molecule has 0 aliphatic carbocycles. The van der Waals surface area contributed by atoms with Gasteiger partial charge in [-0.05, 0) is 52.4 Å². The van der Waals surface area contributed by atoms with E-state index in [-0.39, 0.29) is 16.8 Å². The average Bonchev–Trinajstić information content (AvgIpc) is 2.84. The fourth-order valence-corrected chi connectivity index (χ4v) is 3.10. The minimum absolute atomic E-state index is 0.0262. The van der Waals surface area contributed by atoms with Gasteiger partial charge in [0.1, 0.15) is 5.70 Å². The number of carbonyl (C=O) groups excluding carboxylic acids is 2. The molecule has 35 heavy (non-hydrogen) atoms. The maximum atomic E-state index is 12.8. The molecule has 0 aliphatic heterocycles. The summed E-state index contributed by atoms with van der Waals surface area (Å²) in [5, 5.41) is 17.5. The van der Waals surface area contributed by atoms with Gasteiger partial charge in [0.2, 0.25) is 0 Å². The van der Waals surface area contributed by atoms with Crippen LogP contribution in [0, 0.1) is 10.1 Å². The molecule has 2 N–H and O–H groups in total. The number of hydrogen-bond acceptors (Lipinski definition) is 5. The van der Waals surface area contributed by atoms with Crippen molar-refractivity contribution in [3.05, 3.63) is 117 Å². The summed E-state index contributed by atoms with van der Waals surface area (Å²) in [6.45, 7) is 6.37. The highest BCUT2D eigenvalue weighted by Gasteiger charge is 2.15. The van der Waals surface area contributed by atoms with Crippen molar-refractivity contribution >= 4 is 29.8 Å². The second-order valence-electron chi connectivity index (χ2n) is 8.80. The number of hydrogen-bond donors (Lipinski definition) is 2. The van der Waals surface area contributed by atoms with Crippen LogP contribution >= 0.6 is 0 Å². The van der Waals surface area contributed by atoms with Crippen LogP contribution in [-0.2, 0) is 10.2 Å². The molecule has 0 heterocycles. The molecule has 8 heteroatoms. The van der Waals surface area contributed by atoms with E-state index in [4.69, 9.17) is 0 Å². The van der Waals surface area contributed by atoms with Crippen molar-refractivity contribution < 1.29 is 14.5 Å². The zero-order chi connectivity index (χ0) is 25.4. The lowest BCUT2D eigenvalue weighted by atomic mass is 9.87. The van der Waals surface area contributed by atoms with Gasteiger partial charge in [-0.2, -0.15) is 5.10 Å². The number of carbonyl (C=O) groups is 2. The highest BCUT2D eigenvalue weighted by Crippen LogP contribution is 2.21. The van der Waals surface area contributed by atoms with E-state index in [9.17, 15) is 19.7 Å². The van der Waals surface area contributed by atoms with Gasteiger partial charge >= 0.3 is 0 Å². The lowest BCUT2D eigenvalue weighted by Gasteiger charge is -2.18. The van der Waals surface area contributed by atoms with Gasteiger partial charge in [0, 0.05) is 17.7 Å². The van der Waals surface area contributed by atoms with Crippen molar-refractivity contribution in [3.63, 3.8) is 0 Å². The summed E-state index contributed by atoms with van der Waals surface area (Å²) >= 11 is 0. The van der Waals surface area contributed by atoms with Crippen LogP contribution in [0.1, 0.15) is 47.8 Å². The Balaban J connectivity index is 1.79. The Kier molecular flexibility index (Phi) is 7.88. The van der Waals surface area contributed by atoms with Gasteiger partial charge in [-0.15, -0.1) is 0 Å². The molecule has 0 spiro atoms. The monoisotopic (exact) mass is 470 g/mol. The van der Waals surface area contributed by atoms with Crippen molar-refractivity contribution in [1.29, 1.82) is 0 Å². The largest absolute Gasteiger partial charge is 0.317 e. The maximum absolute atomic E-state index is 12.8. The van der Waals surface area contributed by atoms with E-state index in [2.05, 4.69) is 36.6 Å². The third-order valence-electron chi connectivity index (χ3n) is 5.10. The van der Waals surface area contributed by atoms with Crippen molar-refractivity contribution in [2.45, 2.75) is 26.2 Å². The summed E-state index contributed by atoms with van der Waals surface area (Å²) in [4.78, 5) is 35.9. The van der Waals surface area contributed by atoms with Crippen LogP contribution in [0.3, 0.4) is 0 Å². The Hall–Kier alpha value is -4.59. The van der Waals surface area contributed by atoms with Gasteiger partial charge in [0.15, 0.2) is 0 Å². The Morgan fingerprint density at radius 2 is 1.49 bits per heavy atom. The van der Waals surface area contributed by atoms with E-state index in [1.54, 1.807) is 30.3 Å². The van der Waals surface area contributed by atoms with Gasteiger partial charge in [-0.3, -0.25) is 19.7 Å². The standard InChI is InChI=1S/C27H26N4O4/c1-27(2,3)22-13-9-20(10-14-22)18-28-30-26(33)24(29-25(32)21-7-5-4-6-8-21)17-19-11-15-23(16-12-19)31(34)35/h4-18H,1-3H3,(H,29,32)(H,30,33). The maximum Gasteiger partial charge on any atom is 0.287 e. The molecule has 0 unspecified atom stereocenters. The molecule has 0 radical (unpaired) electrons. The van der Waals surface area contributed by atoms with Crippen molar-refractivity contribution in [2.24, 2.45) is 5.10 Å². The fraction of sp³-hybridized carbons (Fsp3) is 0.148. The number of hydrazone groups is 1. The molecule has 0 aromatic heterocycles. The number of nitro groups is 1. The first-order chi connectivity index (χ1) is 16.6. The molecule has 0 bridgehead atoms. The zero-order valence-electron chi connectivity index (χ0n) is 19.7. The van der Waals surface area contributed by atoms with E-state index >= 15 is 0 Å². The van der Waals surface area contributed by atoms with Gasteiger partial charge in [0.05, 0.1) is 11.1 Å². The summed E-state index contributed by atoms with van der Waals surface area (Å²) in [5.41, 5.74) is 5.15. The normalized spacial score (nSPS) is 11.8. The number of nitrogens with zero attached hydrogens (tertiary/aromatic N) is 2. The molecule has 3 aromatic carbocycles. The number of rotatable bonds is 7. The Bertz CT molecular complexity index is 1260. The first-order valence-electron chi connectivity index (χ1n) is 10.9. The molecule has 0 saturated carbocycles. The molecule has 8 nitrogen and oxygen atoms in total.